The lowest BCUT2D eigenvalue weighted by molar-refractivity contribution is -0.148. The number of esters is 1. The van der Waals surface area contributed by atoms with Crippen LogP contribution in [0.5, 0.6) is 0 Å². The molecule has 2 N–H and O–H groups in total. The molecule has 1 aromatic heterocycles. The molecule has 2 fully saturated rings. The van der Waals surface area contributed by atoms with Gasteiger partial charge in [-0.2, -0.15) is 0 Å². The molecular formula is C18H23NO5S. The molecule has 4 atom stereocenters. The molecule has 6 nitrogen and oxygen atoms in total. The summed E-state index contributed by atoms with van der Waals surface area (Å²) in [5.41, 5.74) is 0.354. The topological polar surface area (TPSA) is 92.7 Å². The number of amides is 1. The highest BCUT2D eigenvalue weighted by atomic mass is 32.1. The highest BCUT2D eigenvalue weighted by Gasteiger charge is 2.54. The largest absolute Gasteiger partial charge is 0.481 e. The van der Waals surface area contributed by atoms with Gasteiger partial charge in [0.1, 0.15) is 5.00 Å². The van der Waals surface area contributed by atoms with Crippen molar-refractivity contribution in [2.45, 2.75) is 39.5 Å². The molecule has 2 aliphatic rings. The van der Waals surface area contributed by atoms with Gasteiger partial charge in [-0.3, -0.25) is 9.59 Å². The molecule has 7 heteroatoms. The molecule has 1 amide bonds. The summed E-state index contributed by atoms with van der Waals surface area (Å²) >= 11 is 1.35. The van der Waals surface area contributed by atoms with Crippen LogP contribution >= 0.6 is 11.3 Å². The SMILES string of the molecule is CCOC(=O)c1cc(CC)sc1NC(=O)[C@H]1[C@@H]2CC[C@@H](C2)[C@@H]1C(=O)O. The van der Waals surface area contributed by atoms with Crippen LogP contribution in [0.3, 0.4) is 0 Å². The third kappa shape index (κ3) is 3.29. The van der Waals surface area contributed by atoms with E-state index in [1.165, 1.54) is 11.3 Å². The van der Waals surface area contributed by atoms with Gasteiger partial charge in [-0.05, 0) is 50.5 Å². The second-order valence-corrected chi connectivity index (χ2v) is 7.88. The molecule has 2 saturated carbocycles. The number of carboxylic acid groups (broad SMARTS) is 1. The Bertz CT molecular complexity index is 698. The zero-order chi connectivity index (χ0) is 18.1. The van der Waals surface area contributed by atoms with E-state index in [2.05, 4.69) is 5.32 Å². The van der Waals surface area contributed by atoms with Crippen molar-refractivity contribution in [2.24, 2.45) is 23.7 Å². The number of carbonyl (C=O) groups excluding carboxylic acids is 2. The van der Waals surface area contributed by atoms with Crippen molar-refractivity contribution in [1.82, 2.24) is 0 Å². The molecule has 1 aromatic rings. The van der Waals surface area contributed by atoms with E-state index in [0.29, 0.717) is 10.6 Å². The van der Waals surface area contributed by atoms with Crippen LogP contribution in [-0.4, -0.2) is 29.6 Å². The minimum absolute atomic E-state index is 0.0947. The summed E-state index contributed by atoms with van der Waals surface area (Å²) in [5.74, 6) is -2.54. The fraction of sp³-hybridized carbons (Fsp3) is 0.611. The zero-order valence-corrected chi connectivity index (χ0v) is 15.2. The first-order chi connectivity index (χ1) is 12.0. The Balaban J connectivity index is 1.82. The van der Waals surface area contributed by atoms with E-state index in [0.717, 1.165) is 30.6 Å². The molecule has 0 aromatic carbocycles. The Hall–Kier alpha value is -1.89. The Labute approximate surface area is 150 Å². The van der Waals surface area contributed by atoms with Gasteiger partial charge in [0.2, 0.25) is 5.91 Å². The van der Waals surface area contributed by atoms with Gasteiger partial charge in [0, 0.05) is 4.88 Å². The van der Waals surface area contributed by atoms with Crippen LogP contribution in [0, 0.1) is 23.7 Å². The normalized spacial score (nSPS) is 27.3. The monoisotopic (exact) mass is 365 g/mol. The molecule has 0 spiro atoms. The van der Waals surface area contributed by atoms with Gasteiger partial charge >= 0.3 is 11.9 Å². The summed E-state index contributed by atoms with van der Waals surface area (Å²) < 4.78 is 5.06. The fourth-order valence-corrected chi connectivity index (χ4v) is 5.28. The van der Waals surface area contributed by atoms with E-state index in [1.54, 1.807) is 13.0 Å². The lowest BCUT2D eigenvalue weighted by Gasteiger charge is -2.26. The minimum Gasteiger partial charge on any atom is -0.481 e. The van der Waals surface area contributed by atoms with Crippen LogP contribution in [0.4, 0.5) is 5.00 Å². The minimum atomic E-state index is -0.890. The van der Waals surface area contributed by atoms with Crippen LogP contribution in [0.1, 0.15) is 48.3 Å². The van der Waals surface area contributed by atoms with E-state index in [-0.39, 0.29) is 24.3 Å². The average molecular weight is 365 g/mol. The zero-order valence-electron chi connectivity index (χ0n) is 14.4. The summed E-state index contributed by atoms with van der Waals surface area (Å²) in [4.78, 5) is 37.6. The van der Waals surface area contributed by atoms with Gasteiger partial charge in [0.15, 0.2) is 0 Å². The number of carboxylic acids is 1. The number of anilines is 1. The van der Waals surface area contributed by atoms with Gasteiger partial charge in [-0.1, -0.05) is 6.92 Å². The molecule has 1 heterocycles. The van der Waals surface area contributed by atoms with Crippen molar-refractivity contribution < 1.29 is 24.2 Å². The lowest BCUT2D eigenvalue weighted by atomic mass is 9.79. The van der Waals surface area contributed by atoms with E-state index in [9.17, 15) is 19.5 Å². The third-order valence-electron chi connectivity index (χ3n) is 5.37. The van der Waals surface area contributed by atoms with Gasteiger partial charge in [-0.15, -0.1) is 11.3 Å². The summed E-state index contributed by atoms with van der Waals surface area (Å²) in [5, 5.41) is 12.8. The molecule has 136 valence electrons. The Morgan fingerprint density at radius 3 is 2.52 bits per heavy atom. The van der Waals surface area contributed by atoms with Crippen LogP contribution in [0.25, 0.3) is 0 Å². The fourth-order valence-electron chi connectivity index (χ4n) is 4.29. The first-order valence-corrected chi connectivity index (χ1v) is 9.61. The maximum atomic E-state index is 12.8. The molecule has 0 unspecified atom stereocenters. The predicted molar refractivity (Wildman–Crippen MR) is 93.7 cm³/mol. The van der Waals surface area contributed by atoms with Crippen LogP contribution in [0.15, 0.2) is 6.07 Å². The standard InChI is InChI=1S/C18H23NO5S/c1-3-11-8-12(18(23)24-4-2)16(25-11)19-15(20)13-9-5-6-10(7-9)14(13)17(21)22/h8-10,13-14H,3-7H2,1-2H3,(H,19,20)(H,21,22)/t9-,10+,13+,14+/m1/s1. The summed E-state index contributed by atoms with van der Waals surface area (Å²) in [6.45, 7) is 3.97. The third-order valence-corrected chi connectivity index (χ3v) is 6.56. The van der Waals surface area contributed by atoms with Crippen molar-refractivity contribution in [3.8, 4) is 0 Å². The number of carbonyl (C=O) groups is 3. The molecule has 0 saturated heterocycles. The summed E-state index contributed by atoms with van der Waals surface area (Å²) in [6, 6.07) is 1.74. The van der Waals surface area contributed by atoms with Crippen molar-refractivity contribution in [3.05, 3.63) is 16.5 Å². The highest BCUT2D eigenvalue weighted by Crippen LogP contribution is 2.52. The van der Waals surface area contributed by atoms with Crippen molar-refractivity contribution >= 4 is 34.2 Å². The Kier molecular flexibility index (Phi) is 5.13. The number of nitrogens with one attached hydrogen (secondary N) is 1. The van der Waals surface area contributed by atoms with Gasteiger partial charge < -0.3 is 15.2 Å². The van der Waals surface area contributed by atoms with Gasteiger partial charge in [0.05, 0.1) is 24.0 Å². The second kappa shape index (κ2) is 7.15. The van der Waals surface area contributed by atoms with Crippen molar-refractivity contribution in [2.75, 3.05) is 11.9 Å². The van der Waals surface area contributed by atoms with Gasteiger partial charge in [-0.25, -0.2) is 4.79 Å². The molecule has 0 radical (unpaired) electrons. The van der Waals surface area contributed by atoms with Gasteiger partial charge in [0.25, 0.3) is 0 Å². The number of ether oxygens (including phenoxy) is 1. The molecule has 0 aliphatic heterocycles. The van der Waals surface area contributed by atoms with Crippen LogP contribution in [0.2, 0.25) is 0 Å². The first kappa shape index (κ1) is 17.9. The van der Waals surface area contributed by atoms with Crippen molar-refractivity contribution in [1.29, 1.82) is 0 Å². The Morgan fingerprint density at radius 2 is 1.92 bits per heavy atom. The van der Waals surface area contributed by atoms with Crippen LogP contribution in [-0.2, 0) is 20.7 Å². The summed E-state index contributed by atoms with van der Waals surface area (Å²) in [7, 11) is 0. The number of aliphatic carboxylic acids is 1. The molecular weight excluding hydrogens is 342 g/mol. The maximum absolute atomic E-state index is 12.8. The van der Waals surface area contributed by atoms with E-state index >= 15 is 0 Å². The smallest absolute Gasteiger partial charge is 0.341 e. The summed E-state index contributed by atoms with van der Waals surface area (Å²) in [6.07, 6.45) is 3.35. The number of fused-ring (bicyclic) bond motifs is 2. The number of rotatable bonds is 6. The number of thiophene rings is 1. The number of hydrogen-bond acceptors (Lipinski definition) is 5. The molecule has 25 heavy (non-hydrogen) atoms. The van der Waals surface area contributed by atoms with Crippen LogP contribution < -0.4 is 5.32 Å². The average Bonchev–Trinajstić information content (AvgIpc) is 3.28. The van der Waals surface area contributed by atoms with Crippen molar-refractivity contribution in [3.63, 3.8) is 0 Å². The Morgan fingerprint density at radius 1 is 1.24 bits per heavy atom. The molecule has 3 rings (SSSR count). The quantitative estimate of drug-likeness (QED) is 0.755. The van der Waals surface area contributed by atoms with E-state index in [4.69, 9.17) is 4.74 Å². The van der Waals surface area contributed by atoms with E-state index in [1.807, 2.05) is 6.92 Å². The number of aryl methyl sites for hydroxylation is 1. The molecule has 2 aliphatic carbocycles. The maximum Gasteiger partial charge on any atom is 0.341 e. The highest BCUT2D eigenvalue weighted by molar-refractivity contribution is 7.16. The number of hydrogen-bond donors (Lipinski definition) is 2. The second-order valence-electron chi connectivity index (χ2n) is 6.74. The molecule has 2 bridgehead atoms. The lowest BCUT2D eigenvalue weighted by Crippen LogP contribution is -2.37. The predicted octanol–water partition coefficient (Wildman–Crippen LogP) is 3.17. The van der Waals surface area contributed by atoms with E-state index < -0.39 is 23.8 Å². The first-order valence-electron chi connectivity index (χ1n) is 8.79.